The van der Waals surface area contributed by atoms with E-state index in [4.69, 9.17) is 4.74 Å². The predicted molar refractivity (Wildman–Crippen MR) is 116 cm³/mol. The van der Waals surface area contributed by atoms with Crippen molar-refractivity contribution < 1.29 is 13.9 Å². The van der Waals surface area contributed by atoms with Gasteiger partial charge in [0, 0.05) is 6.42 Å². The van der Waals surface area contributed by atoms with Gasteiger partial charge < -0.3 is 15.4 Å². The monoisotopic (exact) mass is 420 g/mol. The highest BCUT2D eigenvalue weighted by molar-refractivity contribution is 5.85. The SMILES string of the molecule is CC(NC(=O)CCC1CCNCC1)c1ccc(OCc2ccc(F)cc2)cc1.Cl. The lowest BCUT2D eigenvalue weighted by molar-refractivity contribution is -0.122. The van der Waals surface area contributed by atoms with Gasteiger partial charge in [0.25, 0.3) is 0 Å². The second-order valence-corrected chi connectivity index (χ2v) is 7.51. The molecule has 2 aromatic carbocycles. The number of nitrogens with one attached hydrogen (secondary N) is 2. The quantitative estimate of drug-likeness (QED) is 0.645. The maximum atomic E-state index is 12.9. The molecule has 1 fully saturated rings. The Morgan fingerprint density at radius 3 is 2.45 bits per heavy atom. The lowest BCUT2D eigenvalue weighted by Crippen LogP contribution is -2.30. The first-order valence-corrected chi connectivity index (χ1v) is 10.1. The Morgan fingerprint density at radius 1 is 1.14 bits per heavy atom. The maximum absolute atomic E-state index is 12.9. The molecule has 4 nitrogen and oxygen atoms in total. The molecule has 1 atom stereocenters. The molecule has 1 heterocycles. The molecule has 1 amide bonds. The van der Waals surface area contributed by atoms with Gasteiger partial charge in [-0.1, -0.05) is 24.3 Å². The largest absolute Gasteiger partial charge is 0.489 e. The Kier molecular flexibility index (Phi) is 9.42. The van der Waals surface area contributed by atoms with Crippen LogP contribution in [-0.2, 0) is 11.4 Å². The highest BCUT2D eigenvalue weighted by Crippen LogP contribution is 2.20. The van der Waals surface area contributed by atoms with Crippen molar-refractivity contribution in [2.24, 2.45) is 5.92 Å². The van der Waals surface area contributed by atoms with Gasteiger partial charge in [-0.25, -0.2) is 4.39 Å². The van der Waals surface area contributed by atoms with Crippen LogP contribution in [0, 0.1) is 11.7 Å². The van der Waals surface area contributed by atoms with E-state index in [9.17, 15) is 9.18 Å². The molecule has 1 aliphatic rings. The summed E-state index contributed by atoms with van der Waals surface area (Å²) >= 11 is 0. The van der Waals surface area contributed by atoms with Crippen LogP contribution in [0.15, 0.2) is 48.5 Å². The summed E-state index contributed by atoms with van der Waals surface area (Å²) in [5.74, 6) is 1.28. The molecule has 3 rings (SSSR count). The molecule has 0 aliphatic carbocycles. The zero-order valence-corrected chi connectivity index (χ0v) is 17.6. The van der Waals surface area contributed by atoms with Gasteiger partial charge in [0.1, 0.15) is 18.2 Å². The summed E-state index contributed by atoms with van der Waals surface area (Å²) in [6.45, 7) is 4.52. The van der Waals surface area contributed by atoms with Gasteiger partial charge in [-0.15, -0.1) is 12.4 Å². The Bertz CT molecular complexity index is 746. The van der Waals surface area contributed by atoms with Crippen molar-refractivity contribution in [3.05, 3.63) is 65.5 Å². The molecule has 1 unspecified atom stereocenters. The zero-order valence-electron chi connectivity index (χ0n) is 16.8. The third-order valence-corrected chi connectivity index (χ3v) is 5.31. The Balaban J connectivity index is 0.00000300. The first-order chi connectivity index (χ1) is 13.6. The van der Waals surface area contributed by atoms with E-state index in [1.807, 2.05) is 31.2 Å². The fourth-order valence-corrected chi connectivity index (χ4v) is 3.50. The van der Waals surface area contributed by atoms with Crippen LogP contribution < -0.4 is 15.4 Å². The summed E-state index contributed by atoms with van der Waals surface area (Å²) in [4.78, 5) is 12.2. The van der Waals surface area contributed by atoms with Crippen LogP contribution >= 0.6 is 12.4 Å². The smallest absolute Gasteiger partial charge is 0.220 e. The van der Waals surface area contributed by atoms with E-state index in [1.165, 1.54) is 25.0 Å². The number of halogens is 2. The molecule has 2 N–H and O–H groups in total. The fourth-order valence-electron chi connectivity index (χ4n) is 3.50. The number of hydrogen-bond acceptors (Lipinski definition) is 3. The van der Waals surface area contributed by atoms with Gasteiger partial charge in [-0.05, 0) is 80.6 Å². The first-order valence-electron chi connectivity index (χ1n) is 10.1. The second kappa shape index (κ2) is 11.8. The molecule has 0 radical (unpaired) electrons. The molecule has 0 aromatic heterocycles. The number of carbonyl (C=O) groups is 1. The minimum absolute atomic E-state index is 0. The van der Waals surface area contributed by atoms with Gasteiger partial charge in [-0.3, -0.25) is 4.79 Å². The number of hydrogen-bond donors (Lipinski definition) is 2. The van der Waals surface area contributed by atoms with E-state index in [2.05, 4.69) is 10.6 Å². The molecule has 1 saturated heterocycles. The second-order valence-electron chi connectivity index (χ2n) is 7.51. The molecule has 0 spiro atoms. The minimum Gasteiger partial charge on any atom is -0.489 e. The normalized spacial score (nSPS) is 15.2. The third kappa shape index (κ3) is 7.67. The van der Waals surface area contributed by atoms with Crippen LogP contribution in [0.1, 0.15) is 49.8 Å². The van der Waals surface area contributed by atoms with Gasteiger partial charge in [0.15, 0.2) is 0 Å². The molecule has 0 saturated carbocycles. The summed E-state index contributed by atoms with van der Waals surface area (Å²) in [5.41, 5.74) is 1.96. The molecular formula is C23H30ClFN2O2. The average molecular weight is 421 g/mol. The Hall–Kier alpha value is -2.11. The average Bonchev–Trinajstić information content (AvgIpc) is 2.73. The highest BCUT2D eigenvalue weighted by atomic mass is 35.5. The molecule has 29 heavy (non-hydrogen) atoms. The predicted octanol–water partition coefficient (Wildman–Crippen LogP) is 4.78. The molecular weight excluding hydrogens is 391 g/mol. The number of carbonyl (C=O) groups excluding carboxylic acids is 1. The number of rotatable bonds is 8. The van der Waals surface area contributed by atoms with Crippen LogP contribution in [0.25, 0.3) is 0 Å². The fraction of sp³-hybridized carbons (Fsp3) is 0.435. The van der Waals surface area contributed by atoms with E-state index < -0.39 is 0 Å². The van der Waals surface area contributed by atoms with Crippen LogP contribution in [0.5, 0.6) is 5.75 Å². The van der Waals surface area contributed by atoms with Crippen LogP contribution in [-0.4, -0.2) is 19.0 Å². The molecule has 6 heteroatoms. The molecule has 158 valence electrons. The summed E-state index contributed by atoms with van der Waals surface area (Å²) in [6, 6.07) is 14.0. The molecule has 2 aromatic rings. The van der Waals surface area contributed by atoms with E-state index in [-0.39, 0.29) is 30.2 Å². The summed E-state index contributed by atoms with van der Waals surface area (Å²) < 4.78 is 18.7. The van der Waals surface area contributed by atoms with E-state index in [0.29, 0.717) is 18.9 Å². The van der Waals surface area contributed by atoms with E-state index in [0.717, 1.165) is 36.4 Å². The van der Waals surface area contributed by atoms with Gasteiger partial charge >= 0.3 is 0 Å². The molecule has 1 aliphatic heterocycles. The van der Waals surface area contributed by atoms with Crippen LogP contribution in [0.3, 0.4) is 0 Å². The van der Waals surface area contributed by atoms with Crippen LogP contribution in [0.2, 0.25) is 0 Å². The van der Waals surface area contributed by atoms with E-state index in [1.54, 1.807) is 12.1 Å². The lowest BCUT2D eigenvalue weighted by atomic mass is 9.93. The van der Waals surface area contributed by atoms with Crippen molar-refractivity contribution in [1.82, 2.24) is 10.6 Å². The third-order valence-electron chi connectivity index (χ3n) is 5.31. The topological polar surface area (TPSA) is 50.4 Å². The Labute approximate surface area is 178 Å². The highest BCUT2D eigenvalue weighted by Gasteiger charge is 2.16. The van der Waals surface area contributed by atoms with Gasteiger partial charge in [-0.2, -0.15) is 0 Å². The van der Waals surface area contributed by atoms with Crippen molar-refractivity contribution >= 4 is 18.3 Å². The van der Waals surface area contributed by atoms with Crippen molar-refractivity contribution in [3.8, 4) is 5.75 Å². The Morgan fingerprint density at radius 2 is 1.79 bits per heavy atom. The lowest BCUT2D eigenvalue weighted by Gasteiger charge is -2.22. The summed E-state index contributed by atoms with van der Waals surface area (Å²) in [7, 11) is 0. The number of benzene rings is 2. The number of ether oxygens (including phenoxy) is 1. The van der Waals surface area contributed by atoms with Gasteiger partial charge in [0.2, 0.25) is 5.91 Å². The minimum atomic E-state index is -0.250. The first kappa shape index (κ1) is 23.2. The number of piperidine rings is 1. The zero-order chi connectivity index (χ0) is 19.8. The molecule has 0 bridgehead atoms. The van der Waals surface area contributed by atoms with Gasteiger partial charge in [0.05, 0.1) is 6.04 Å². The van der Waals surface area contributed by atoms with Crippen LogP contribution in [0.4, 0.5) is 4.39 Å². The maximum Gasteiger partial charge on any atom is 0.220 e. The standard InChI is InChI=1S/C23H29FN2O2.ClH/c1-17(26-23(27)11-4-18-12-14-25-15-13-18)20-5-9-22(10-6-20)28-16-19-2-7-21(24)8-3-19;/h2-3,5-10,17-18,25H,4,11-16H2,1H3,(H,26,27);1H. The van der Waals surface area contributed by atoms with Crippen molar-refractivity contribution in [2.45, 2.75) is 45.3 Å². The summed E-state index contributed by atoms with van der Waals surface area (Å²) in [5, 5.41) is 6.44. The number of amides is 1. The van der Waals surface area contributed by atoms with Crippen molar-refractivity contribution in [2.75, 3.05) is 13.1 Å². The summed E-state index contributed by atoms with van der Waals surface area (Å²) in [6.07, 6.45) is 3.90. The van der Waals surface area contributed by atoms with Crippen molar-refractivity contribution in [1.29, 1.82) is 0 Å². The van der Waals surface area contributed by atoms with E-state index >= 15 is 0 Å². The van der Waals surface area contributed by atoms with Crippen molar-refractivity contribution in [3.63, 3.8) is 0 Å².